The maximum atomic E-state index is 14.2. The molecule has 11 heteroatoms. The third-order valence-electron chi connectivity index (χ3n) is 8.80. The fourth-order valence-corrected chi connectivity index (χ4v) is 7.27. The normalized spacial score (nSPS) is 11.6. The number of aromatic nitrogens is 2. The molecule has 0 radical (unpaired) electrons. The van der Waals surface area contributed by atoms with Crippen molar-refractivity contribution in [3.8, 4) is 28.1 Å². The van der Waals surface area contributed by atoms with Crippen LogP contribution in [0.2, 0.25) is 5.02 Å². The zero-order valence-electron chi connectivity index (χ0n) is 28.6. The first-order valence-corrected chi connectivity index (χ1v) is 19.2. The van der Waals surface area contributed by atoms with Crippen LogP contribution in [0, 0.1) is 0 Å². The molecular weight excluding hydrogens is 672 g/mol. The molecule has 5 rings (SSSR count). The molecule has 0 saturated heterocycles. The molecule has 5 aromatic rings. The molecule has 9 nitrogen and oxygen atoms in total. The maximum absolute atomic E-state index is 14.2. The van der Waals surface area contributed by atoms with Crippen LogP contribution in [-0.4, -0.2) is 37.4 Å². The summed E-state index contributed by atoms with van der Waals surface area (Å²) in [5.41, 5.74) is 2.74. The van der Waals surface area contributed by atoms with Gasteiger partial charge >= 0.3 is 0 Å². The Bertz CT molecular complexity index is 2060. The fourth-order valence-electron chi connectivity index (χ4n) is 6.01. The van der Waals surface area contributed by atoms with E-state index in [2.05, 4.69) is 21.9 Å². The summed E-state index contributed by atoms with van der Waals surface area (Å²) < 4.78 is 35.8. The second kappa shape index (κ2) is 17.5. The van der Waals surface area contributed by atoms with Gasteiger partial charge in [0.25, 0.3) is 11.5 Å². The minimum atomic E-state index is -3.86. The van der Waals surface area contributed by atoms with Gasteiger partial charge in [-0.3, -0.25) is 14.0 Å². The molecule has 50 heavy (non-hydrogen) atoms. The SMILES string of the molecule is CCCCCCCCCCCCNS(=O)(=O)c1ccc(Cl)c(NC(=O)c2c(-c3ccc(OC)cc3)cn3c(=O)cc(-c4ccccc4)[nH]c23)c1. The number of hydrogen-bond donors (Lipinski definition) is 3. The molecule has 2 heterocycles. The first kappa shape index (κ1) is 36.9. The average molecular weight is 717 g/mol. The lowest BCUT2D eigenvalue weighted by atomic mass is 10.0. The number of methoxy groups -OCH3 is 1. The molecule has 0 fully saturated rings. The van der Waals surface area contributed by atoms with Crippen LogP contribution < -0.4 is 20.3 Å². The van der Waals surface area contributed by atoms with Crippen molar-refractivity contribution >= 4 is 38.9 Å². The highest BCUT2D eigenvalue weighted by Crippen LogP contribution is 2.32. The van der Waals surface area contributed by atoms with Crippen molar-refractivity contribution in [2.24, 2.45) is 0 Å². The maximum Gasteiger partial charge on any atom is 0.260 e. The highest BCUT2D eigenvalue weighted by molar-refractivity contribution is 7.89. The van der Waals surface area contributed by atoms with Crippen molar-refractivity contribution in [2.75, 3.05) is 19.0 Å². The molecule has 0 atom stereocenters. The minimum Gasteiger partial charge on any atom is -0.497 e. The predicted molar refractivity (Wildman–Crippen MR) is 202 cm³/mol. The zero-order chi connectivity index (χ0) is 35.5. The molecule has 0 saturated carbocycles. The van der Waals surface area contributed by atoms with E-state index in [0.717, 1.165) is 31.2 Å². The van der Waals surface area contributed by atoms with Gasteiger partial charge in [0.15, 0.2) is 0 Å². The number of nitrogens with zero attached hydrogens (tertiary/aromatic N) is 1. The van der Waals surface area contributed by atoms with Crippen molar-refractivity contribution in [1.82, 2.24) is 14.1 Å². The van der Waals surface area contributed by atoms with Gasteiger partial charge < -0.3 is 15.0 Å². The van der Waals surface area contributed by atoms with E-state index in [4.69, 9.17) is 16.3 Å². The largest absolute Gasteiger partial charge is 0.497 e. The lowest BCUT2D eigenvalue weighted by molar-refractivity contribution is 0.102. The first-order valence-electron chi connectivity index (χ1n) is 17.3. The molecule has 264 valence electrons. The number of hydrogen-bond acceptors (Lipinski definition) is 5. The molecular formula is C39H45ClN4O5S. The van der Waals surface area contributed by atoms with E-state index >= 15 is 0 Å². The van der Waals surface area contributed by atoms with E-state index in [0.29, 0.717) is 29.1 Å². The van der Waals surface area contributed by atoms with Crippen LogP contribution in [0.4, 0.5) is 5.69 Å². The van der Waals surface area contributed by atoms with Gasteiger partial charge in [0.1, 0.15) is 11.4 Å². The quantitative estimate of drug-likeness (QED) is 0.0782. The van der Waals surface area contributed by atoms with Crippen molar-refractivity contribution in [3.05, 3.63) is 106 Å². The van der Waals surface area contributed by atoms with Gasteiger partial charge in [-0.2, -0.15) is 0 Å². The Labute approximate surface area is 299 Å². The number of fused-ring (bicyclic) bond motifs is 1. The van der Waals surface area contributed by atoms with Crippen LogP contribution in [0.5, 0.6) is 5.75 Å². The van der Waals surface area contributed by atoms with E-state index in [1.807, 2.05) is 30.3 Å². The Balaban J connectivity index is 1.35. The second-order valence-corrected chi connectivity index (χ2v) is 14.6. The monoisotopic (exact) mass is 716 g/mol. The van der Waals surface area contributed by atoms with Crippen molar-refractivity contribution < 1.29 is 17.9 Å². The molecule has 0 bridgehead atoms. The molecule has 0 aliphatic heterocycles. The number of anilines is 1. The van der Waals surface area contributed by atoms with E-state index in [9.17, 15) is 18.0 Å². The van der Waals surface area contributed by atoms with Gasteiger partial charge in [0, 0.05) is 24.4 Å². The highest BCUT2D eigenvalue weighted by atomic mass is 35.5. The van der Waals surface area contributed by atoms with E-state index in [-0.39, 0.29) is 32.4 Å². The van der Waals surface area contributed by atoms with Gasteiger partial charge in [0.2, 0.25) is 10.0 Å². The topological polar surface area (TPSA) is 122 Å². The lowest BCUT2D eigenvalue weighted by Crippen LogP contribution is -2.25. The summed E-state index contributed by atoms with van der Waals surface area (Å²) >= 11 is 6.51. The third-order valence-corrected chi connectivity index (χ3v) is 10.6. The first-order chi connectivity index (χ1) is 24.2. The van der Waals surface area contributed by atoms with Gasteiger partial charge in [-0.1, -0.05) is 119 Å². The molecule has 1 amide bonds. The Hall–Kier alpha value is -4.38. The van der Waals surface area contributed by atoms with Crippen LogP contribution >= 0.6 is 11.6 Å². The summed E-state index contributed by atoms with van der Waals surface area (Å²) in [6.07, 6.45) is 13.2. The number of ether oxygens (including phenoxy) is 1. The Kier molecular flexibility index (Phi) is 12.9. The van der Waals surface area contributed by atoms with Crippen molar-refractivity contribution in [2.45, 2.75) is 76.0 Å². The molecule has 3 N–H and O–H groups in total. The number of amides is 1. The number of aromatic amines is 1. The molecule has 3 aromatic carbocycles. The number of H-pyrrole nitrogens is 1. The Morgan fingerprint density at radius 3 is 2.16 bits per heavy atom. The summed E-state index contributed by atoms with van der Waals surface area (Å²) in [5.74, 6) is 0.0616. The number of halogens is 1. The lowest BCUT2D eigenvalue weighted by Gasteiger charge is -2.12. The standard InChI is InChI=1S/C39H45ClN4O5S/c1-3-4-5-6-7-8-9-10-11-15-24-41-50(47,48)31-22-23-33(40)35(25-31)43-39(46)37-32(28-18-20-30(49-2)21-19-28)27-44-36(45)26-34(42-38(37)44)29-16-13-12-14-17-29/h12-14,16-23,25-27,41-42H,3-11,15,24H2,1-2H3,(H,43,46). The Morgan fingerprint density at radius 1 is 0.840 bits per heavy atom. The number of carbonyl (C=O) groups excluding carboxylic acids is 1. The van der Waals surface area contributed by atoms with Crippen molar-refractivity contribution in [1.29, 1.82) is 0 Å². The molecule has 0 unspecified atom stereocenters. The number of unbranched alkanes of at least 4 members (excludes halogenated alkanes) is 9. The van der Waals surface area contributed by atoms with Crippen LogP contribution in [-0.2, 0) is 10.0 Å². The van der Waals surface area contributed by atoms with Crippen LogP contribution in [0.3, 0.4) is 0 Å². The average Bonchev–Trinajstić information content (AvgIpc) is 3.52. The summed E-state index contributed by atoms with van der Waals surface area (Å²) in [6.45, 7) is 2.54. The second-order valence-electron chi connectivity index (χ2n) is 12.4. The Morgan fingerprint density at radius 2 is 1.50 bits per heavy atom. The van der Waals surface area contributed by atoms with Gasteiger partial charge in [0.05, 0.1) is 34.0 Å². The number of rotatable bonds is 18. The van der Waals surface area contributed by atoms with E-state index < -0.39 is 15.9 Å². The molecule has 0 aliphatic rings. The number of nitrogens with one attached hydrogen (secondary N) is 3. The summed E-state index contributed by atoms with van der Waals surface area (Å²) in [6, 6.07) is 22.2. The summed E-state index contributed by atoms with van der Waals surface area (Å²) in [5, 5.41) is 2.98. The van der Waals surface area contributed by atoms with Gasteiger partial charge in [-0.25, -0.2) is 13.1 Å². The number of sulfonamides is 1. The minimum absolute atomic E-state index is 0.0128. The summed E-state index contributed by atoms with van der Waals surface area (Å²) in [7, 11) is -2.29. The zero-order valence-corrected chi connectivity index (χ0v) is 30.2. The number of benzene rings is 3. The van der Waals surface area contributed by atoms with E-state index in [1.54, 1.807) is 37.6 Å². The highest BCUT2D eigenvalue weighted by Gasteiger charge is 2.24. The molecule has 2 aromatic heterocycles. The van der Waals surface area contributed by atoms with Crippen LogP contribution in [0.15, 0.2) is 94.7 Å². The van der Waals surface area contributed by atoms with Crippen molar-refractivity contribution in [3.63, 3.8) is 0 Å². The predicted octanol–water partition coefficient (Wildman–Crippen LogP) is 9.08. The fraction of sp³-hybridized carbons (Fsp3) is 0.333. The van der Waals surface area contributed by atoms with E-state index in [1.165, 1.54) is 67.2 Å². The van der Waals surface area contributed by atoms with Gasteiger partial charge in [-0.15, -0.1) is 0 Å². The van der Waals surface area contributed by atoms with Gasteiger partial charge in [-0.05, 0) is 47.9 Å². The summed E-state index contributed by atoms with van der Waals surface area (Å²) in [4.78, 5) is 30.8. The van der Waals surface area contributed by atoms with Crippen LogP contribution in [0.25, 0.3) is 28.0 Å². The molecule has 0 aliphatic carbocycles. The number of carbonyl (C=O) groups is 1. The smallest absolute Gasteiger partial charge is 0.260 e. The van der Waals surface area contributed by atoms with Crippen LogP contribution in [0.1, 0.15) is 81.5 Å². The molecule has 0 spiro atoms. The third kappa shape index (κ3) is 9.24.